The van der Waals surface area contributed by atoms with Crippen LogP contribution in [0.25, 0.3) is 0 Å². The molecule has 3 nitrogen and oxygen atoms in total. The highest BCUT2D eigenvalue weighted by Gasteiger charge is 2.16. The highest BCUT2D eigenvalue weighted by atomic mass is 35.5. The van der Waals surface area contributed by atoms with E-state index in [-0.39, 0.29) is 22.8 Å². The molecule has 15 heavy (non-hydrogen) atoms. The third-order valence-electron chi connectivity index (χ3n) is 1.68. The molecule has 1 rings (SSSR count). The molecule has 0 unspecified atom stereocenters. The van der Waals surface area contributed by atoms with Gasteiger partial charge in [0.15, 0.2) is 0 Å². The maximum absolute atomic E-state index is 11.5. The molecule has 0 saturated heterocycles. The number of carbonyl (C=O) groups excluding carboxylic acids is 1. The van der Waals surface area contributed by atoms with Crippen LogP contribution in [0.15, 0.2) is 17.0 Å². The third kappa shape index (κ3) is 2.65. The fourth-order valence-corrected chi connectivity index (χ4v) is 1.67. The van der Waals surface area contributed by atoms with Crippen molar-refractivity contribution in [3.8, 4) is 6.07 Å². The van der Waals surface area contributed by atoms with Crippen molar-refractivity contribution in [2.24, 2.45) is 0 Å². The molecule has 1 aromatic carbocycles. The normalized spacial score (nSPS) is 9.47. The highest BCUT2D eigenvalue weighted by Crippen LogP contribution is 2.24. The monoisotopic (exact) mass is 241 g/mol. The molecule has 0 atom stereocenters. The molecule has 0 N–H and O–H groups in total. The Balaban J connectivity index is 3.28. The average Bonchev–Trinajstić information content (AvgIpc) is 2.17. The van der Waals surface area contributed by atoms with Crippen LogP contribution >= 0.6 is 24.2 Å². The zero-order valence-corrected chi connectivity index (χ0v) is 9.60. The van der Waals surface area contributed by atoms with E-state index in [1.54, 1.807) is 6.92 Å². The fraction of sp³-hybridized carbons (Fsp3) is 0.200. The first kappa shape index (κ1) is 11.9. The fourth-order valence-electron chi connectivity index (χ4n) is 1.08. The van der Waals surface area contributed by atoms with Crippen LogP contribution in [-0.2, 0) is 4.74 Å². The molecule has 5 heteroatoms. The maximum Gasteiger partial charge on any atom is 0.339 e. The van der Waals surface area contributed by atoms with E-state index in [4.69, 9.17) is 21.6 Å². The van der Waals surface area contributed by atoms with Crippen molar-refractivity contribution in [1.82, 2.24) is 0 Å². The third-order valence-corrected chi connectivity index (χ3v) is 2.24. The van der Waals surface area contributed by atoms with E-state index in [2.05, 4.69) is 12.6 Å². The van der Waals surface area contributed by atoms with Crippen molar-refractivity contribution in [1.29, 1.82) is 5.26 Å². The predicted molar refractivity (Wildman–Crippen MR) is 59.4 cm³/mol. The van der Waals surface area contributed by atoms with E-state index < -0.39 is 5.97 Å². The first-order valence-electron chi connectivity index (χ1n) is 4.19. The van der Waals surface area contributed by atoms with E-state index in [0.29, 0.717) is 4.90 Å². The van der Waals surface area contributed by atoms with E-state index in [1.807, 2.05) is 6.07 Å². The molecular formula is C10H8ClNO2S. The van der Waals surface area contributed by atoms with Crippen LogP contribution in [0, 0.1) is 11.3 Å². The molecular weight excluding hydrogens is 234 g/mol. The number of hydrogen-bond acceptors (Lipinski definition) is 4. The largest absolute Gasteiger partial charge is 0.462 e. The van der Waals surface area contributed by atoms with Crippen LogP contribution in [0.4, 0.5) is 0 Å². The van der Waals surface area contributed by atoms with Crippen molar-refractivity contribution >= 4 is 30.2 Å². The lowest BCUT2D eigenvalue weighted by Crippen LogP contribution is -2.07. The summed E-state index contributed by atoms with van der Waals surface area (Å²) in [6, 6.07) is 4.83. The molecule has 0 saturated carbocycles. The molecule has 0 heterocycles. The first-order valence-corrected chi connectivity index (χ1v) is 5.02. The van der Waals surface area contributed by atoms with E-state index >= 15 is 0 Å². The molecule has 0 radical (unpaired) electrons. The second kappa shape index (κ2) is 5.06. The number of nitrogens with zero attached hydrogens (tertiary/aromatic N) is 1. The molecule has 0 bridgehead atoms. The number of thiol groups is 1. The standard InChI is InChI=1S/C10H8ClNO2S/c1-2-14-10(13)7-3-6(15)4-9(11)8(7)5-12/h3-4,15H,2H2,1H3. The highest BCUT2D eigenvalue weighted by molar-refractivity contribution is 7.80. The summed E-state index contributed by atoms with van der Waals surface area (Å²) in [6.07, 6.45) is 0. The van der Waals surface area contributed by atoms with Gasteiger partial charge in [0.1, 0.15) is 6.07 Å². The SMILES string of the molecule is CCOC(=O)c1cc(S)cc(Cl)c1C#N. The lowest BCUT2D eigenvalue weighted by molar-refractivity contribution is 0.0525. The van der Waals surface area contributed by atoms with Gasteiger partial charge in [0.05, 0.1) is 22.8 Å². The zero-order valence-electron chi connectivity index (χ0n) is 7.95. The quantitative estimate of drug-likeness (QED) is 0.640. The predicted octanol–water partition coefficient (Wildman–Crippen LogP) is 2.68. The van der Waals surface area contributed by atoms with E-state index in [1.165, 1.54) is 12.1 Å². The van der Waals surface area contributed by atoms with Crippen LogP contribution < -0.4 is 0 Å². The first-order chi connectivity index (χ1) is 7.10. The summed E-state index contributed by atoms with van der Waals surface area (Å²) < 4.78 is 4.80. The van der Waals surface area contributed by atoms with Gasteiger partial charge in [-0.15, -0.1) is 12.6 Å². The van der Waals surface area contributed by atoms with Gasteiger partial charge in [0.2, 0.25) is 0 Å². The van der Waals surface area contributed by atoms with Gasteiger partial charge in [-0.3, -0.25) is 0 Å². The minimum Gasteiger partial charge on any atom is -0.462 e. The summed E-state index contributed by atoms with van der Waals surface area (Å²) in [6.45, 7) is 1.94. The van der Waals surface area contributed by atoms with E-state index in [0.717, 1.165) is 0 Å². The van der Waals surface area contributed by atoms with Crippen molar-refractivity contribution < 1.29 is 9.53 Å². The van der Waals surface area contributed by atoms with Crippen LogP contribution in [0.1, 0.15) is 22.8 Å². The number of halogens is 1. The smallest absolute Gasteiger partial charge is 0.339 e. The van der Waals surface area contributed by atoms with Gasteiger partial charge >= 0.3 is 5.97 Å². The van der Waals surface area contributed by atoms with Gasteiger partial charge in [0, 0.05) is 4.90 Å². The molecule has 0 aliphatic carbocycles. The molecule has 78 valence electrons. The van der Waals surface area contributed by atoms with Gasteiger partial charge < -0.3 is 4.74 Å². The molecule has 0 aromatic heterocycles. The molecule has 0 aliphatic heterocycles. The average molecular weight is 242 g/mol. The lowest BCUT2D eigenvalue weighted by Gasteiger charge is -2.06. The van der Waals surface area contributed by atoms with Crippen LogP contribution in [0.5, 0.6) is 0 Å². The van der Waals surface area contributed by atoms with Crippen molar-refractivity contribution in [2.45, 2.75) is 11.8 Å². The number of benzene rings is 1. The Kier molecular flexibility index (Phi) is 4.01. The summed E-state index contributed by atoms with van der Waals surface area (Å²) in [5.41, 5.74) is 0.268. The second-order valence-electron chi connectivity index (χ2n) is 2.68. The Bertz CT molecular complexity index is 440. The molecule has 0 amide bonds. The Morgan fingerprint density at radius 1 is 1.67 bits per heavy atom. The van der Waals surface area contributed by atoms with Crippen LogP contribution in [0.3, 0.4) is 0 Å². The van der Waals surface area contributed by atoms with Crippen LogP contribution in [-0.4, -0.2) is 12.6 Å². The number of rotatable bonds is 2. The number of ether oxygens (including phenoxy) is 1. The second-order valence-corrected chi connectivity index (χ2v) is 3.61. The van der Waals surface area contributed by atoms with Gasteiger partial charge in [-0.05, 0) is 19.1 Å². The Morgan fingerprint density at radius 3 is 2.87 bits per heavy atom. The number of hydrogen-bond donors (Lipinski definition) is 1. The van der Waals surface area contributed by atoms with Crippen molar-refractivity contribution in [3.63, 3.8) is 0 Å². The summed E-state index contributed by atoms with van der Waals surface area (Å²) in [5.74, 6) is -0.563. The number of esters is 1. The van der Waals surface area contributed by atoms with E-state index in [9.17, 15) is 4.79 Å². The summed E-state index contributed by atoms with van der Waals surface area (Å²) in [7, 11) is 0. The Morgan fingerprint density at radius 2 is 2.33 bits per heavy atom. The van der Waals surface area contributed by atoms with Gasteiger partial charge in [0.25, 0.3) is 0 Å². The Labute approximate surface area is 98.0 Å². The summed E-state index contributed by atoms with van der Waals surface area (Å²) in [4.78, 5) is 12.0. The Hall–Kier alpha value is -1.18. The topological polar surface area (TPSA) is 50.1 Å². The molecule has 0 aliphatic rings. The van der Waals surface area contributed by atoms with Crippen LogP contribution in [0.2, 0.25) is 5.02 Å². The summed E-state index contributed by atoms with van der Waals surface area (Å²) >= 11 is 9.87. The maximum atomic E-state index is 11.5. The number of nitriles is 1. The van der Waals surface area contributed by atoms with Crippen molar-refractivity contribution in [3.05, 3.63) is 28.3 Å². The number of carbonyl (C=O) groups is 1. The minimum atomic E-state index is -0.563. The van der Waals surface area contributed by atoms with Gasteiger partial charge in [-0.25, -0.2) is 4.79 Å². The van der Waals surface area contributed by atoms with Crippen molar-refractivity contribution in [2.75, 3.05) is 6.61 Å². The molecule has 0 spiro atoms. The lowest BCUT2D eigenvalue weighted by atomic mass is 10.1. The summed E-state index contributed by atoms with van der Waals surface area (Å²) in [5, 5.41) is 9.04. The zero-order chi connectivity index (χ0) is 11.4. The van der Waals surface area contributed by atoms with Gasteiger partial charge in [-0.2, -0.15) is 5.26 Å². The molecule has 1 aromatic rings. The minimum absolute atomic E-state index is 0.118. The molecule has 0 fully saturated rings. The van der Waals surface area contributed by atoms with Gasteiger partial charge in [-0.1, -0.05) is 11.6 Å².